The molecule has 0 N–H and O–H groups in total. The van der Waals surface area contributed by atoms with Gasteiger partial charge in [0.1, 0.15) is 11.4 Å². The Bertz CT molecular complexity index is 1180. The first-order chi connectivity index (χ1) is 12.4. The molecule has 3 heteroatoms. The van der Waals surface area contributed by atoms with Crippen molar-refractivity contribution in [2.24, 2.45) is 0 Å². The second-order valence-corrected chi connectivity index (χ2v) is 6.04. The number of rotatable bonds is 2. The van der Waals surface area contributed by atoms with E-state index in [1.165, 1.54) is 0 Å². The zero-order valence-electron chi connectivity index (χ0n) is 13.5. The molecular weight excluding hydrogens is 306 g/mol. The second-order valence-electron chi connectivity index (χ2n) is 6.04. The largest absolute Gasteiger partial charge is 0.322 e. The van der Waals surface area contributed by atoms with E-state index in [1.807, 2.05) is 42.5 Å². The maximum absolute atomic E-state index is 4.61. The summed E-state index contributed by atoms with van der Waals surface area (Å²) in [5, 5.41) is 11.5. The van der Waals surface area contributed by atoms with Crippen molar-refractivity contribution < 1.29 is 0 Å². The summed E-state index contributed by atoms with van der Waals surface area (Å²) in [4.78, 5) is 0. The van der Waals surface area contributed by atoms with E-state index >= 15 is 0 Å². The van der Waals surface area contributed by atoms with E-state index in [4.69, 9.17) is 0 Å². The average molecular weight is 321 g/mol. The van der Waals surface area contributed by atoms with Crippen LogP contribution in [-0.4, -0.2) is 14.6 Å². The lowest BCUT2D eigenvalue weighted by molar-refractivity contribution is 1.06. The van der Waals surface area contributed by atoms with E-state index in [1.54, 1.807) is 0 Å². The van der Waals surface area contributed by atoms with E-state index in [2.05, 4.69) is 63.4 Å². The summed E-state index contributed by atoms with van der Waals surface area (Å²) >= 11 is 0. The molecule has 25 heavy (non-hydrogen) atoms. The second kappa shape index (κ2) is 5.56. The molecule has 5 rings (SSSR count). The molecule has 3 heterocycles. The van der Waals surface area contributed by atoms with Gasteiger partial charge in [0.15, 0.2) is 0 Å². The summed E-state index contributed by atoms with van der Waals surface area (Å²) < 4.78 is 2.15. The van der Waals surface area contributed by atoms with E-state index < -0.39 is 0 Å². The van der Waals surface area contributed by atoms with Crippen LogP contribution in [0.3, 0.4) is 0 Å². The molecule has 0 saturated carbocycles. The van der Waals surface area contributed by atoms with E-state index in [0.717, 1.165) is 38.8 Å². The van der Waals surface area contributed by atoms with Gasteiger partial charge in [-0.2, -0.15) is 0 Å². The normalized spacial score (nSPS) is 11.2. The van der Waals surface area contributed by atoms with Gasteiger partial charge in [-0.1, -0.05) is 66.7 Å². The van der Waals surface area contributed by atoms with Gasteiger partial charge >= 0.3 is 0 Å². The molecule has 0 fully saturated rings. The summed E-state index contributed by atoms with van der Waals surface area (Å²) in [7, 11) is 0. The van der Waals surface area contributed by atoms with Crippen LogP contribution in [0.15, 0.2) is 91.3 Å². The summed E-state index contributed by atoms with van der Waals surface area (Å²) in [6, 6.07) is 26.7. The van der Waals surface area contributed by atoms with E-state index in [9.17, 15) is 0 Å². The fourth-order valence-electron chi connectivity index (χ4n) is 3.36. The highest BCUT2D eigenvalue weighted by Crippen LogP contribution is 2.35. The first-order valence-electron chi connectivity index (χ1n) is 8.29. The standard InChI is InChI=1S/C22H15N3/c1-3-9-16(10-4-1)21-18-15-25-14-8-7-13-19(25)20(18)22(24-23-21)17-11-5-2-6-12-17/h1-15H. The van der Waals surface area contributed by atoms with Gasteiger partial charge in [-0.15, -0.1) is 10.2 Å². The fraction of sp³-hybridized carbons (Fsp3) is 0. The van der Waals surface area contributed by atoms with Gasteiger partial charge in [0.25, 0.3) is 0 Å². The maximum atomic E-state index is 4.61. The Balaban J connectivity index is 1.92. The highest BCUT2D eigenvalue weighted by Gasteiger charge is 2.16. The van der Waals surface area contributed by atoms with Crippen LogP contribution in [0.25, 0.3) is 38.8 Å². The first kappa shape index (κ1) is 13.9. The van der Waals surface area contributed by atoms with Crippen molar-refractivity contribution in [3.63, 3.8) is 0 Å². The smallest absolute Gasteiger partial charge is 0.103 e. The molecule has 0 aliphatic carbocycles. The van der Waals surface area contributed by atoms with Crippen LogP contribution in [0.5, 0.6) is 0 Å². The number of aromatic nitrogens is 3. The van der Waals surface area contributed by atoms with Gasteiger partial charge in [0.2, 0.25) is 0 Å². The molecule has 0 spiro atoms. The van der Waals surface area contributed by atoms with Crippen molar-refractivity contribution >= 4 is 16.3 Å². The number of hydrogen-bond acceptors (Lipinski definition) is 2. The van der Waals surface area contributed by atoms with Gasteiger partial charge in [-0.05, 0) is 12.1 Å². The van der Waals surface area contributed by atoms with Crippen molar-refractivity contribution in [3.05, 3.63) is 91.3 Å². The van der Waals surface area contributed by atoms with Crippen molar-refractivity contribution in [2.75, 3.05) is 0 Å². The number of benzene rings is 2. The number of fused-ring (bicyclic) bond motifs is 3. The number of hydrogen-bond donors (Lipinski definition) is 0. The summed E-state index contributed by atoms with van der Waals surface area (Å²) in [5.74, 6) is 0. The van der Waals surface area contributed by atoms with Crippen molar-refractivity contribution in [1.82, 2.24) is 14.6 Å². The summed E-state index contributed by atoms with van der Waals surface area (Å²) in [6.07, 6.45) is 4.22. The third-order valence-electron chi connectivity index (χ3n) is 4.52. The SMILES string of the molecule is c1ccc(-c2nnc(-c3ccccc3)c3c2cn2ccccc32)cc1. The highest BCUT2D eigenvalue weighted by molar-refractivity contribution is 6.10. The minimum Gasteiger partial charge on any atom is -0.322 e. The molecular formula is C22H15N3. The lowest BCUT2D eigenvalue weighted by Gasteiger charge is -2.07. The fourth-order valence-corrected chi connectivity index (χ4v) is 3.36. The number of pyridine rings is 1. The molecule has 118 valence electrons. The Labute approximate surface area is 145 Å². The minimum atomic E-state index is 0.916. The van der Waals surface area contributed by atoms with Gasteiger partial charge < -0.3 is 4.40 Å². The van der Waals surface area contributed by atoms with Crippen molar-refractivity contribution in [1.29, 1.82) is 0 Å². The zero-order valence-corrected chi connectivity index (χ0v) is 13.5. The molecule has 2 aromatic carbocycles. The minimum absolute atomic E-state index is 0.916. The molecule has 0 radical (unpaired) electrons. The highest BCUT2D eigenvalue weighted by atomic mass is 15.1. The van der Waals surface area contributed by atoms with Crippen LogP contribution >= 0.6 is 0 Å². The quantitative estimate of drug-likeness (QED) is 0.446. The molecule has 5 aromatic rings. The first-order valence-corrected chi connectivity index (χ1v) is 8.29. The number of nitrogens with zero attached hydrogens (tertiary/aromatic N) is 3. The Hall–Kier alpha value is -3.46. The molecule has 0 unspecified atom stereocenters. The predicted octanol–water partition coefficient (Wildman–Crippen LogP) is 5.22. The topological polar surface area (TPSA) is 30.2 Å². The molecule has 0 bridgehead atoms. The summed E-state index contributed by atoms with van der Waals surface area (Å²) in [6.45, 7) is 0. The van der Waals surface area contributed by atoms with Crippen LogP contribution < -0.4 is 0 Å². The lowest BCUT2D eigenvalue weighted by Crippen LogP contribution is -1.93. The van der Waals surface area contributed by atoms with Gasteiger partial charge in [-0.3, -0.25) is 0 Å². The van der Waals surface area contributed by atoms with Crippen LogP contribution in [0.2, 0.25) is 0 Å². The monoisotopic (exact) mass is 321 g/mol. The van der Waals surface area contributed by atoms with Gasteiger partial charge in [0, 0.05) is 34.3 Å². The van der Waals surface area contributed by atoms with Gasteiger partial charge in [0.05, 0.1) is 5.52 Å². The van der Waals surface area contributed by atoms with Crippen LogP contribution in [-0.2, 0) is 0 Å². The van der Waals surface area contributed by atoms with Crippen LogP contribution in [0.4, 0.5) is 0 Å². The average Bonchev–Trinajstić information content (AvgIpc) is 3.08. The molecule has 0 amide bonds. The van der Waals surface area contributed by atoms with Crippen molar-refractivity contribution in [2.45, 2.75) is 0 Å². The molecule has 0 aliphatic rings. The molecule has 0 atom stereocenters. The predicted molar refractivity (Wildman–Crippen MR) is 101 cm³/mol. The Kier molecular flexibility index (Phi) is 3.10. The van der Waals surface area contributed by atoms with E-state index in [0.29, 0.717) is 0 Å². The van der Waals surface area contributed by atoms with Crippen molar-refractivity contribution in [3.8, 4) is 22.5 Å². The Morgan fingerprint density at radius 3 is 1.92 bits per heavy atom. The van der Waals surface area contributed by atoms with Crippen LogP contribution in [0.1, 0.15) is 0 Å². The zero-order chi connectivity index (χ0) is 16.6. The summed E-state index contributed by atoms with van der Waals surface area (Å²) in [5.41, 5.74) is 5.14. The Morgan fingerprint density at radius 2 is 1.20 bits per heavy atom. The van der Waals surface area contributed by atoms with E-state index in [-0.39, 0.29) is 0 Å². The maximum Gasteiger partial charge on any atom is 0.103 e. The van der Waals surface area contributed by atoms with Gasteiger partial charge in [-0.25, -0.2) is 0 Å². The lowest BCUT2D eigenvalue weighted by atomic mass is 10.0. The van der Waals surface area contributed by atoms with Crippen LogP contribution in [0, 0.1) is 0 Å². The third kappa shape index (κ3) is 2.21. The molecule has 0 aliphatic heterocycles. The Morgan fingerprint density at radius 1 is 0.600 bits per heavy atom. The molecule has 3 nitrogen and oxygen atoms in total. The third-order valence-corrected chi connectivity index (χ3v) is 4.52. The molecule has 0 saturated heterocycles. The molecule has 3 aromatic heterocycles.